The van der Waals surface area contributed by atoms with E-state index in [2.05, 4.69) is 0 Å². The molecule has 5 heteroatoms. The van der Waals surface area contributed by atoms with Crippen molar-refractivity contribution >= 4 is 21.4 Å². The molecule has 1 aliphatic carbocycles. The van der Waals surface area contributed by atoms with Crippen molar-refractivity contribution in [2.45, 2.75) is 43.4 Å². The van der Waals surface area contributed by atoms with E-state index in [1.165, 1.54) is 19.3 Å². The monoisotopic (exact) mass is 250 g/mol. The smallest absolute Gasteiger partial charge is 0.376 e. The highest BCUT2D eigenvalue weighted by atomic mass is 32.1. The number of hydrogen-bond donors (Lipinski definition) is 1. The number of rotatable bonds is 5. The SMILES string of the molecule is CCO[Si](OC)(OC)C1(S)CCCCC1. The van der Waals surface area contributed by atoms with Gasteiger partial charge < -0.3 is 13.3 Å². The van der Waals surface area contributed by atoms with Crippen molar-refractivity contribution in [3.05, 3.63) is 0 Å². The molecule has 0 amide bonds. The lowest BCUT2D eigenvalue weighted by Crippen LogP contribution is -2.62. The van der Waals surface area contributed by atoms with Crippen LogP contribution < -0.4 is 0 Å². The third kappa shape index (κ3) is 2.58. The summed E-state index contributed by atoms with van der Waals surface area (Å²) in [5.41, 5.74) is 0. The molecule has 0 radical (unpaired) electrons. The lowest BCUT2D eigenvalue weighted by Gasteiger charge is -2.43. The van der Waals surface area contributed by atoms with Crippen LogP contribution in [0.1, 0.15) is 39.0 Å². The zero-order chi connectivity index (χ0) is 11.4. The van der Waals surface area contributed by atoms with Crippen LogP contribution in [0.5, 0.6) is 0 Å². The Morgan fingerprint density at radius 1 is 1.13 bits per heavy atom. The maximum atomic E-state index is 5.79. The summed E-state index contributed by atoms with van der Waals surface area (Å²) in [5.74, 6) is 0. The molecule has 1 rings (SSSR count). The Balaban J connectivity index is 2.84. The third-order valence-corrected chi connectivity index (χ3v) is 7.77. The van der Waals surface area contributed by atoms with Gasteiger partial charge in [-0.15, -0.1) is 0 Å². The van der Waals surface area contributed by atoms with Gasteiger partial charge in [-0.25, -0.2) is 0 Å². The Hall–Kier alpha value is 0.447. The summed E-state index contributed by atoms with van der Waals surface area (Å²) in [6.07, 6.45) is 5.73. The first-order valence-electron chi connectivity index (χ1n) is 5.61. The van der Waals surface area contributed by atoms with E-state index in [4.69, 9.17) is 25.9 Å². The fraction of sp³-hybridized carbons (Fsp3) is 1.00. The van der Waals surface area contributed by atoms with Crippen LogP contribution >= 0.6 is 12.6 Å². The molecule has 0 aromatic carbocycles. The molecule has 0 heterocycles. The van der Waals surface area contributed by atoms with Crippen molar-refractivity contribution in [2.24, 2.45) is 0 Å². The number of hydrogen-bond acceptors (Lipinski definition) is 4. The van der Waals surface area contributed by atoms with E-state index in [0.717, 1.165) is 12.8 Å². The van der Waals surface area contributed by atoms with Gasteiger partial charge in [0, 0.05) is 20.8 Å². The molecule has 0 N–H and O–H groups in total. The van der Waals surface area contributed by atoms with Gasteiger partial charge >= 0.3 is 8.80 Å². The van der Waals surface area contributed by atoms with E-state index in [1.807, 2.05) is 6.92 Å². The van der Waals surface area contributed by atoms with E-state index in [9.17, 15) is 0 Å². The molecule has 0 spiro atoms. The highest BCUT2D eigenvalue weighted by Gasteiger charge is 2.58. The van der Waals surface area contributed by atoms with Gasteiger partial charge in [-0.2, -0.15) is 12.6 Å². The summed E-state index contributed by atoms with van der Waals surface area (Å²) in [5, 5.41) is 0. The molecular weight excluding hydrogens is 228 g/mol. The molecule has 0 aromatic rings. The van der Waals surface area contributed by atoms with Gasteiger partial charge in [0.05, 0.1) is 4.37 Å². The molecule has 3 nitrogen and oxygen atoms in total. The Bertz CT molecular complexity index is 191. The predicted octanol–water partition coefficient (Wildman–Crippen LogP) is 2.43. The van der Waals surface area contributed by atoms with Crippen LogP contribution in [-0.4, -0.2) is 34.0 Å². The second-order valence-corrected chi connectivity index (χ2v) is 8.44. The van der Waals surface area contributed by atoms with Crippen LogP contribution in [0.15, 0.2) is 0 Å². The first-order chi connectivity index (χ1) is 7.14. The average Bonchev–Trinajstić information content (AvgIpc) is 2.27. The van der Waals surface area contributed by atoms with Crippen molar-refractivity contribution in [1.82, 2.24) is 0 Å². The van der Waals surface area contributed by atoms with Crippen molar-refractivity contribution in [3.63, 3.8) is 0 Å². The van der Waals surface area contributed by atoms with Crippen LogP contribution in [0.2, 0.25) is 0 Å². The summed E-state index contributed by atoms with van der Waals surface area (Å²) in [6.45, 7) is 2.59. The quantitative estimate of drug-likeness (QED) is 0.600. The van der Waals surface area contributed by atoms with E-state index >= 15 is 0 Å². The Morgan fingerprint density at radius 2 is 1.67 bits per heavy atom. The normalized spacial score (nSPS) is 21.6. The lowest BCUT2D eigenvalue weighted by atomic mass is 9.99. The fourth-order valence-corrected chi connectivity index (χ4v) is 6.18. The second kappa shape index (κ2) is 5.68. The van der Waals surface area contributed by atoms with Gasteiger partial charge in [-0.3, -0.25) is 0 Å². The van der Waals surface area contributed by atoms with Gasteiger partial charge in [0.1, 0.15) is 0 Å². The van der Waals surface area contributed by atoms with E-state index in [0.29, 0.717) is 6.61 Å². The highest BCUT2D eigenvalue weighted by Crippen LogP contribution is 2.42. The van der Waals surface area contributed by atoms with Crippen molar-refractivity contribution in [2.75, 3.05) is 20.8 Å². The molecule has 1 aliphatic rings. The molecule has 0 aliphatic heterocycles. The molecule has 0 saturated heterocycles. The van der Waals surface area contributed by atoms with E-state index < -0.39 is 8.80 Å². The molecule has 15 heavy (non-hydrogen) atoms. The largest absolute Gasteiger partial charge is 0.517 e. The van der Waals surface area contributed by atoms with Crippen molar-refractivity contribution < 1.29 is 13.3 Å². The van der Waals surface area contributed by atoms with Crippen molar-refractivity contribution in [1.29, 1.82) is 0 Å². The fourth-order valence-electron chi connectivity index (χ4n) is 2.35. The minimum atomic E-state index is -2.60. The predicted molar refractivity (Wildman–Crippen MR) is 66.2 cm³/mol. The molecule has 1 saturated carbocycles. The van der Waals surface area contributed by atoms with Gasteiger partial charge in [0.15, 0.2) is 0 Å². The van der Waals surface area contributed by atoms with Crippen LogP contribution in [0.4, 0.5) is 0 Å². The van der Waals surface area contributed by atoms with Gasteiger partial charge in [0.25, 0.3) is 0 Å². The van der Waals surface area contributed by atoms with Gasteiger partial charge in [-0.1, -0.05) is 19.3 Å². The second-order valence-electron chi connectivity index (χ2n) is 3.99. The molecule has 90 valence electrons. The van der Waals surface area contributed by atoms with Gasteiger partial charge in [0.2, 0.25) is 0 Å². The van der Waals surface area contributed by atoms with Crippen LogP contribution in [0.25, 0.3) is 0 Å². The molecular formula is C10H22O3SSi. The Morgan fingerprint density at radius 3 is 2.07 bits per heavy atom. The van der Waals surface area contributed by atoms with Crippen LogP contribution in [0.3, 0.4) is 0 Å². The molecule has 0 unspecified atom stereocenters. The maximum absolute atomic E-state index is 5.79. The summed E-state index contributed by atoms with van der Waals surface area (Å²) >= 11 is 4.81. The lowest BCUT2D eigenvalue weighted by molar-refractivity contribution is 0.0825. The highest BCUT2D eigenvalue weighted by molar-refractivity contribution is 7.84. The summed E-state index contributed by atoms with van der Waals surface area (Å²) in [4.78, 5) is 0. The summed E-state index contributed by atoms with van der Waals surface area (Å²) < 4.78 is 16.8. The topological polar surface area (TPSA) is 27.7 Å². The zero-order valence-electron chi connectivity index (χ0n) is 9.91. The third-order valence-electron chi connectivity index (χ3n) is 3.12. The Kier molecular flexibility index (Phi) is 5.12. The summed E-state index contributed by atoms with van der Waals surface area (Å²) in [6, 6.07) is 0. The molecule has 0 bridgehead atoms. The Labute approximate surface area is 99.3 Å². The number of thiol groups is 1. The van der Waals surface area contributed by atoms with Crippen molar-refractivity contribution in [3.8, 4) is 0 Å². The summed E-state index contributed by atoms with van der Waals surface area (Å²) in [7, 11) is 0.754. The van der Waals surface area contributed by atoms with E-state index in [1.54, 1.807) is 14.2 Å². The first kappa shape index (κ1) is 13.5. The molecule has 0 atom stereocenters. The molecule has 0 aromatic heterocycles. The first-order valence-corrected chi connectivity index (χ1v) is 7.78. The average molecular weight is 250 g/mol. The van der Waals surface area contributed by atoms with Gasteiger partial charge in [-0.05, 0) is 19.8 Å². The minimum absolute atomic E-state index is 0.190. The minimum Gasteiger partial charge on any atom is -0.376 e. The van der Waals surface area contributed by atoms with E-state index in [-0.39, 0.29) is 4.37 Å². The molecule has 1 fully saturated rings. The standard InChI is InChI=1S/C10H22O3SSi/c1-4-13-15(11-2,12-3)10(14)8-6-5-7-9-10/h14H,4-9H2,1-3H3. The zero-order valence-corrected chi connectivity index (χ0v) is 11.8. The van der Waals surface area contributed by atoms with Crippen LogP contribution in [0, 0.1) is 0 Å². The maximum Gasteiger partial charge on any atom is 0.517 e. The van der Waals surface area contributed by atoms with Crippen LogP contribution in [-0.2, 0) is 13.3 Å².